The second kappa shape index (κ2) is 64.6. The average Bonchev–Trinajstić information content (AvgIpc) is 3.43. The second-order valence-electron chi connectivity index (χ2n) is 21.3. The first-order valence-corrected chi connectivity index (χ1v) is 32.4. The van der Waals surface area contributed by atoms with Crippen LogP contribution in [0, 0.1) is 0 Å². The van der Waals surface area contributed by atoms with Crippen LogP contribution in [0.5, 0.6) is 0 Å². The van der Waals surface area contributed by atoms with Crippen LogP contribution in [-0.2, 0) is 28.6 Å². The molecule has 1 atom stereocenters. The van der Waals surface area contributed by atoms with Crippen LogP contribution in [-0.4, -0.2) is 37.2 Å². The number of hydrogen-bond acceptors (Lipinski definition) is 6. The molecule has 0 amide bonds. The van der Waals surface area contributed by atoms with Crippen molar-refractivity contribution in [3.63, 3.8) is 0 Å². The van der Waals surface area contributed by atoms with Crippen LogP contribution >= 0.6 is 0 Å². The van der Waals surface area contributed by atoms with E-state index in [1.807, 2.05) is 0 Å². The molecule has 0 bridgehead atoms. The lowest BCUT2D eigenvalue weighted by Gasteiger charge is -2.18. The average molecular weight is 1070 g/mol. The van der Waals surface area contributed by atoms with Crippen LogP contribution in [0.4, 0.5) is 0 Å². The van der Waals surface area contributed by atoms with Gasteiger partial charge in [-0.25, -0.2) is 0 Å². The third-order valence-corrected chi connectivity index (χ3v) is 13.7. The minimum Gasteiger partial charge on any atom is -0.462 e. The molecule has 0 heterocycles. The van der Waals surface area contributed by atoms with E-state index in [0.717, 1.165) is 135 Å². The Balaban J connectivity index is 4.43. The van der Waals surface area contributed by atoms with E-state index < -0.39 is 6.10 Å². The highest BCUT2D eigenvalue weighted by Crippen LogP contribution is 2.16. The lowest BCUT2D eigenvalue weighted by atomic mass is 10.1. The maximum absolute atomic E-state index is 12.9. The number of hydrogen-bond donors (Lipinski definition) is 0. The fourth-order valence-electron chi connectivity index (χ4n) is 8.95. The third-order valence-electron chi connectivity index (χ3n) is 13.7. The Kier molecular flexibility index (Phi) is 61.3. The molecule has 0 aromatic carbocycles. The van der Waals surface area contributed by atoms with Gasteiger partial charge in [0.05, 0.1) is 0 Å². The van der Waals surface area contributed by atoms with E-state index in [1.165, 1.54) is 128 Å². The zero-order chi connectivity index (χ0) is 55.7. The zero-order valence-corrected chi connectivity index (χ0v) is 50.4. The summed E-state index contributed by atoms with van der Waals surface area (Å²) >= 11 is 0. The summed E-state index contributed by atoms with van der Waals surface area (Å²) in [5.41, 5.74) is 0. The Morgan fingerprint density at radius 2 is 0.506 bits per heavy atom. The van der Waals surface area contributed by atoms with Gasteiger partial charge >= 0.3 is 17.9 Å². The van der Waals surface area contributed by atoms with Crippen molar-refractivity contribution in [2.45, 2.75) is 309 Å². The van der Waals surface area contributed by atoms with Crippen molar-refractivity contribution in [1.82, 2.24) is 0 Å². The standard InChI is InChI=1S/C71H120O6/c1-4-7-10-13-16-19-22-25-28-31-33-35-37-40-43-46-49-52-55-58-61-64-70(73)76-67-68(66-75-69(72)63-60-57-54-51-48-45-42-39-30-27-24-21-18-15-12-9-6-3)77-71(74)65-62-59-56-53-50-47-44-41-38-36-34-32-29-26-23-20-17-14-11-8-5-2/h7,9-10,12,16,18-19,21,25,27-28,30,32-35,40,43,68H,4-6,8,11,13-15,17,20,22-24,26,29,31,36-39,41-42,44-67H2,1-3H3/b10-7-,12-9-,19-16-,21-18-,28-25-,30-27-,34-32-,35-33-,43-40-. The maximum atomic E-state index is 12.9. The molecule has 0 saturated carbocycles. The first-order valence-electron chi connectivity index (χ1n) is 32.4. The van der Waals surface area contributed by atoms with Gasteiger partial charge in [0.25, 0.3) is 0 Å². The molecule has 1 unspecified atom stereocenters. The SMILES string of the molecule is CC/C=C\C/C=C\C/C=C\C/C=C\C/C=C\CCCCCCCC(=O)OCC(COC(=O)CCCCCCCCC/C=C\C/C=C\C/C=C\CC)OC(=O)CCCCCCCCCCC/C=C\CCCCCCCCCC. The highest BCUT2D eigenvalue weighted by atomic mass is 16.6. The Bertz CT molecular complexity index is 1560. The zero-order valence-electron chi connectivity index (χ0n) is 50.4. The molecular formula is C71H120O6. The van der Waals surface area contributed by atoms with Crippen LogP contribution in [0.25, 0.3) is 0 Å². The molecule has 0 N–H and O–H groups in total. The van der Waals surface area contributed by atoms with E-state index in [2.05, 4.69) is 130 Å². The molecule has 0 aromatic rings. The summed E-state index contributed by atoms with van der Waals surface area (Å²) in [4.78, 5) is 38.4. The molecule has 6 nitrogen and oxygen atoms in total. The molecule has 6 heteroatoms. The number of esters is 3. The fraction of sp³-hybridized carbons (Fsp3) is 0.704. The Hall–Kier alpha value is -3.93. The molecule has 0 spiro atoms. The van der Waals surface area contributed by atoms with Gasteiger partial charge < -0.3 is 14.2 Å². The van der Waals surface area contributed by atoms with E-state index in [1.54, 1.807) is 0 Å². The van der Waals surface area contributed by atoms with Crippen LogP contribution in [0.2, 0.25) is 0 Å². The highest BCUT2D eigenvalue weighted by Gasteiger charge is 2.19. The van der Waals surface area contributed by atoms with Crippen LogP contribution < -0.4 is 0 Å². The molecule has 0 aromatic heterocycles. The lowest BCUT2D eigenvalue weighted by Crippen LogP contribution is -2.30. The molecule has 0 saturated heterocycles. The van der Waals surface area contributed by atoms with Crippen LogP contribution in [0.1, 0.15) is 303 Å². The van der Waals surface area contributed by atoms with Gasteiger partial charge in [-0.2, -0.15) is 0 Å². The van der Waals surface area contributed by atoms with E-state index >= 15 is 0 Å². The van der Waals surface area contributed by atoms with Crippen molar-refractivity contribution >= 4 is 17.9 Å². The Morgan fingerprint density at radius 1 is 0.273 bits per heavy atom. The molecule has 77 heavy (non-hydrogen) atoms. The van der Waals surface area contributed by atoms with Crippen LogP contribution in [0.3, 0.4) is 0 Å². The molecule has 0 aliphatic rings. The number of unbranched alkanes of at least 4 members (excludes halogenated alkanes) is 29. The number of carbonyl (C=O) groups excluding carboxylic acids is 3. The van der Waals surface area contributed by atoms with Gasteiger partial charge in [-0.1, -0.05) is 271 Å². The molecule has 0 aliphatic carbocycles. The predicted molar refractivity (Wildman–Crippen MR) is 334 cm³/mol. The smallest absolute Gasteiger partial charge is 0.306 e. The highest BCUT2D eigenvalue weighted by molar-refractivity contribution is 5.71. The van der Waals surface area contributed by atoms with E-state index in [0.29, 0.717) is 19.3 Å². The normalized spacial score (nSPS) is 12.8. The minimum atomic E-state index is -0.795. The van der Waals surface area contributed by atoms with E-state index in [-0.39, 0.29) is 31.1 Å². The van der Waals surface area contributed by atoms with Crippen molar-refractivity contribution in [2.24, 2.45) is 0 Å². The van der Waals surface area contributed by atoms with Gasteiger partial charge in [0.15, 0.2) is 6.10 Å². The van der Waals surface area contributed by atoms with Crippen molar-refractivity contribution in [2.75, 3.05) is 13.2 Å². The van der Waals surface area contributed by atoms with E-state index in [9.17, 15) is 14.4 Å². The van der Waals surface area contributed by atoms with Crippen LogP contribution in [0.15, 0.2) is 109 Å². The van der Waals surface area contributed by atoms with Gasteiger partial charge in [0.1, 0.15) is 13.2 Å². The summed E-state index contributed by atoms with van der Waals surface area (Å²) in [7, 11) is 0. The van der Waals surface area contributed by atoms with Gasteiger partial charge in [-0.3, -0.25) is 14.4 Å². The Labute approximate surface area is 476 Å². The number of carbonyl (C=O) groups is 3. The summed E-state index contributed by atoms with van der Waals surface area (Å²) in [6, 6.07) is 0. The summed E-state index contributed by atoms with van der Waals surface area (Å²) in [6.07, 6.45) is 88.0. The van der Waals surface area contributed by atoms with E-state index in [4.69, 9.17) is 14.2 Å². The lowest BCUT2D eigenvalue weighted by molar-refractivity contribution is -0.167. The van der Waals surface area contributed by atoms with Gasteiger partial charge in [-0.15, -0.1) is 0 Å². The van der Waals surface area contributed by atoms with Gasteiger partial charge in [0, 0.05) is 19.3 Å². The predicted octanol–water partition coefficient (Wildman–Crippen LogP) is 22.2. The molecular weight excluding hydrogens is 949 g/mol. The monoisotopic (exact) mass is 1070 g/mol. The summed E-state index contributed by atoms with van der Waals surface area (Å²) < 4.78 is 16.9. The van der Waals surface area contributed by atoms with Crippen molar-refractivity contribution in [3.8, 4) is 0 Å². The van der Waals surface area contributed by atoms with Crippen molar-refractivity contribution in [1.29, 1.82) is 0 Å². The largest absolute Gasteiger partial charge is 0.462 e. The summed E-state index contributed by atoms with van der Waals surface area (Å²) in [6.45, 7) is 6.42. The quantitative estimate of drug-likeness (QED) is 0.0261. The topological polar surface area (TPSA) is 78.9 Å². The van der Waals surface area contributed by atoms with Crippen molar-refractivity contribution < 1.29 is 28.6 Å². The second-order valence-corrected chi connectivity index (χ2v) is 21.3. The number of ether oxygens (including phenoxy) is 3. The molecule has 0 fully saturated rings. The first-order chi connectivity index (χ1) is 38.0. The fourth-order valence-corrected chi connectivity index (χ4v) is 8.95. The van der Waals surface area contributed by atoms with Gasteiger partial charge in [0.2, 0.25) is 0 Å². The minimum absolute atomic E-state index is 0.0909. The third kappa shape index (κ3) is 62.8. The van der Waals surface area contributed by atoms with Gasteiger partial charge in [-0.05, 0) is 122 Å². The number of rotatable bonds is 58. The molecule has 0 aliphatic heterocycles. The number of allylic oxidation sites excluding steroid dienone is 18. The summed E-state index contributed by atoms with van der Waals surface area (Å²) in [5.74, 6) is -0.913. The molecule has 440 valence electrons. The van der Waals surface area contributed by atoms with Crippen molar-refractivity contribution in [3.05, 3.63) is 109 Å². The Morgan fingerprint density at radius 3 is 0.805 bits per heavy atom. The first kappa shape index (κ1) is 73.1. The summed E-state index contributed by atoms with van der Waals surface area (Å²) in [5, 5.41) is 0. The maximum Gasteiger partial charge on any atom is 0.306 e. The molecule has 0 rings (SSSR count). The molecule has 0 radical (unpaired) electrons.